The van der Waals surface area contributed by atoms with Crippen LogP contribution >= 0.6 is 0 Å². The predicted octanol–water partition coefficient (Wildman–Crippen LogP) is 3.57. The minimum atomic E-state index is -0.910. The molecule has 0 saturated carbocycles. The number of hydrogen-bond donors (Lipinski definition) is 3. The fourth-order valence-corrected chi connectivity index (χ4v) is 4.81. The standard InChI is InChI=1S/C30H37N5O5/c1-30(2,3)40-29(38)34-24(17-19-8-11-22(39-4)12-9-19)28(37)35-15-5-6-25(35)27(36)33-18-20-7-10-21-13-14-32-26(31)23(21)16-20/h7-14,16,24-25H,5-6,15,17-18H2,1-4H3,(H2,31,32)(H,33,36)(H,34,38)/t24-,25+/m1/s1. The van der Waals surface area contributed by atoms with Gasteiger partial charge in [-0.15, -0.1) is 0 Å². The van der Waals surface area contributed by atoms with Crippen LogP contribution in [-0.4, -0.2) is 59.1 Å². The zero-order valence-electron chi connectivity index (χ0n) is 23.4. The summed E-state index contributed by atoms with van der Waals surface area (Å²) in [6.45, 7) is 5.98. The van der Waals surface area contributed by atoms with Crippen molar-refractivity contribution in [3.05, 3.63) is 65.9 Å². The molecule has 1 aromatic heterocycles. The van der Waals surface area contributed by atoms with Crippen molar-refractivity contribution in [2.45, 2.75) is 64.3 Å². The van der Waals surface area contributed by atoms with Crippen LogP contribution in [0.3, 0.4) is 0 Å². The van der Waals surface area contributed by atoms with Crippen molar-refractivity contribution in [2.24, 2.45) is 0 Å². The quantitative estimate of drug-likeness (QED) is 0.392. The molecule has 0 spiro atoms. The van der Waals surface area contributed by atoms with E-state index in [-0.39, 0.29) is 24.8 Å². The van der Waals surface area contributed by atoms with Crippen molar-refractivity contribution < 1.29 is 23.9 Å². The molecule has 10 heteroatoms. The zero-order chi connectivity index (χ0) is 28.9. The number of methoxy groups -OCH3 is 1. The van der Waals surface area contributed by atoms with Gasteiger partial charge in [-0.1, -0.05) is 24.3 Å². The minimum Gasteiger partial charge on any atom is -0.497 e. The van der Waals surface area contributed by atoms with Gasteiger partial charge >= 0.3 is 6.09 Å². The van der Waals surface area contributed by atoms with Gasteiger partial charge in [0.1, 0.15) is 29.3 Å². The molecule has 0 radical (unpaired) electrons. The Bertz CT molecular complexity index is 1370. The summed E-state index contributed by atoms with van der Waals surface area (Å²) in [6.07, 6.45) is 2.42. The first-order valence-electron chi connectivity index (χ1n) is 13.4. The van der Waals surface area contributed by atoms with Gasteiger partial charge in [0.25, 0.3) is 0 Å². The monoisotopic (exact) mass is 547 g/mol. The molecule has 212 valence electrons. The smallest absolute Gasteiger partial charge is 0.408 e. The third kappa shape index (κ3) is 7.19. The van der Waals surface area contributed by atoms with Crippen LogP contribution in [0.15, 0.2) is 54.7 Å². The van der Waals surface area contributed by atoms with E-state index in [9.17, 15) is 14.4 Å². The van der Waals surface area contributed by atoms with Crippen LogP contribution in [0.4, 0.5) is 10.6 Å². The molecule has 0 aliphatic carbocycles. The van der Waals surface area contributed by atoms with E-state index in [1.807, 2.05) is 36.4 Å². The molecule has 2 aromatic carbocycles. The van der Waals surface area contributed by atoms with Crippen LogP contribution in [0, 0.1) is 0 Å². The molecule has 1 saturated heterocycles. The fraction of sp³-hybridized carbons (Fsp3) is 0.400. The Morgan fingerprint density at radius 1 is 1.10 bits per heavy atom. The van der Waals surface area contributed by atoms with E-state index in [4.69, 9.17) is 15.2 Å². The number of amides is 3. The first-order chi connectivity index (χ1) is 19.0. The predicted molar refractivity (Wildman–Crippen MR) is 153 cm³/mol. The van der Waals surface area contributed by atoms with E-state index in [1.54, 1.807) is 51.1 Å². The molecule has 1 aliphatic rings. The summed E-state index contributed by atoms with van der Waals surface area (Å²) in [5, 5.41) is 7.49. The number of hydrogen-bond acceptors (Lipinski definition) is 7. The second-order valence-corrected chi connectivity index (χ2v) is 10.9. The van der Waals surface area contributed by atoms with Gasteiger partial charge in [-0.25, -0.2) is 9.78 Å². The zero-order valence-corrected chi connectivity index (χ0v) is 23.4. The highest BCUT2D eigenvalue weighted by molar-refractivity contribution is 5.93. The van der Waals surface area contributed by atoms with Gasteiger partial charge in [-0.2, -0.15) is 0 Å². The molecular weight excluding hydrogens is 510 g/mol. The number of carbonyl (C=O) groups excluding carboxylic acids is 3. The van der Waals surface area contributed by atoms with Crippen molar-refractivity contribution in [1.82, 2.24) is 20.5 Å². The number of likely N-dealkylation sites (tertiary alicyclic amines) is 1. The van der Waals surface area contributed by atoms with E-state index < -0.39 is 23.8 Å². The number of pyridine rings is 1. The molecule has 10 nitrogen and oxygen atoms in total. The second-order valence-electron chi connectivity index (χ2n) is 10.9. The first kappa shape index (κ1) is 28.7. The highest BCUT2D eigenvalue weighted by Crippen LogP contribution is 2.23. The van der Waals surface area contributed by atoms with Gasteiger partial charge in [-0.05, 0) is 74.4 Å². The molecule has 0 unspecified atom stereocenters. The summed E-state index contributed by atoms with van der Waals surface area (Å²) in [7, 11) is 1.58. The summed E-state index contributed by atoms with van der Waals surface area (Å²) in [6, 6.07) is 13.4. The number of benzene rings is 2. The number of ether oxygens (including phenoxy) is 2. The van der Waals surface area contributed by atoms with Gasteiger partial charge < -0.3 is 30.7 Å². The fourth-order valence-electron chi connectivity index (χ4n) is 4.81. The molecule has 1 aliphatic heterocycles. The summed E-state index contributed by atoms with van der Waals surface area (Å²) >= 11 is 0. The van der Waals surface area contributed by atoms with Crippen molar-refractivity contribution in [1.29, 1.82) is 0 Å². The van der Waals surface area contributed by atoms with Gasteiger partial charge in [0.05, 0.1) is 7.11 Å². The van der Waals surface area contributed by atoms with Gasteiger partial charge in [0.2, 0.25) is 11.8 Å². The molecule has 0 bridgehead atoms. The molecule has 3 amide bonds. The lowest BCUT2D eigenvalue weighted by atomic mass is 10.0. The van der Waals surface area contributed by atoms with Crippen LogP contribution in [0.1, 0.15) is 44.7 Å². The summed E-state index contributed by atoms with van der Waals surface area (Å²) in [5.74, 6) is 0.543. The van der Waals surface area contributed by atoms with E-state index in [1.165, 1.54) is 0 Å². The second kappa shape index (κ2) is 12.2. The lowest BCUT2D eigenvalue weighted by Crippen LogP contribution is -2.54. The summed E-state index contributed by atoms with van der Waals surface area (Å²) < 4.78 is 10.6. The van der Waals surface area contributed by atoms with Crippen LogP contribution in [0.2, 0.25) is 0 Å². The van der Waals surface area contributed by atoms with Crippen LogP contribution in [0.25, 0.3) is 10.8 Å². The third-order valence-electron chi connectivity index (χ3n) is 6.75. The number of nitrogens with zero attached hydrogens (tertiary/aromatic N) is 2. The average molecular weight is 548 g/mol. The van der Waals surface area contributed by atoms with Crippen LogP contribution in [-0.2, 0) is 27.3 Å². The Balaban J connectivity index is 1.47. The molecule has 4 N–H and O–H groups in total. The van der Waals surface area contributed by atoms with E-state index in [2.05, 4.69) is 15.6 Å². The Morgan fingerprint density at radius 2 is 1.82 bits per heavy atom. The number of carbonyl (C=O) groups is 3. The van der Waals surface area contributed by atoms with Crippen LogP contribution in [0.5, 0.6) is 5.75 Å². The minimum absolute atomic E-state index is 0.236. The third-order valence-corrected chi connectivity index (χ3v) is 6.75. The number of anilines is 1. The number of nitrogens with two attached hydrogens (primary N) is 1. The SMILES string of the molecule is COc1ccc(C[C@@H](NC(=O)OC(C)(C)C)C(=O)N2CCC[C@H]2C(=O)NCc2ccc3ccnc(N)c3c2)cc1. The maximum atomic E-state index is 13.8. The topological polar surface area (TPSA) is 136 Å². The highest BCUT2D eigenvalue weighted by Gasteiger charge is 2.38. The van der Waals surface area contributed by atoms with E-state index in [0.717, 1.165) is 21.9 Å². The molecule has 2 atom stereocenters. The largest absolute Gasteiger partial charge is 0.497 e. The number of nitrogen functional groups attached to an aromatic ring is 1. The Hall–Kier alpha value is -4.34. The maximum absolute atomic E-state index is 13.8. The number of alkyl carbamates (subject to hydrolysis) is 1. The van der Waals surface area contributed by atoms with Crippen molar-refractivity contribution in [2.75, 3.05) is 19.4 Å². The Morgan fingerprint density at radius 3 is 2.52 bits per heavy atom. The van der Waals surface area contributed by atoms with E-state index in [0.29, 0.717) is 31.0 Å². The molecule has 4 rings (SSSR count). The lowest BCUT2D eigenvalue weighted by Gasteiger charge is -2.29. The van der Waals surface area contributed by atoms with Crippen molar-refractivity contribution in [3.63, 3.8) is 0 Å². The molecule has 40 heavy (non-hydrogen) atoms. The molecule has 2 heterocycles. The van der Waals surface area contributed by atoms with E-state index >= 15 is 0 Å². The molecule has 1 fully saturated rings. The van der Waals surface area contributed by atoms with Crippen molar-refractivity contribution in [3.8, 4) is 5.75 Å². The maximum Gasteiger partial charge on any atom is 0.408 e. The lowest BCUT2D eigenvalue weighted by molar-refractivity contribution is -0.140. The van der Waals surface area contributed by atoms with Crippen molar-refractivity contribution >= 4 is 34.5 Å². The highest BCUT2D eigenvalue weighted by atomic mass is 16.6. The average Bonchev–Trinajstić information content (AvgIpc) is 3.41. The van der Waals surface area contributed by atoms with Gasteiger partial charge in [0.15, 0.2) is 0 Å². The summed E-state index contributed by atoms with van der Waals surface area (Å²) in [5.41, 5.74) is 6.99. The molecule has 3 aromatic rings. The van der Waals surface area contributed by atoms with Gasteiger partial charge in [0, 0.05) is 31.1 Å². The number of fused-ring (bicyclic) bond motifs is 1. The first-order valence-corrected chi connectivity index (χ1v) is 13.4. The van der Waals surface area contributed by atoms with Gasteiger partial charge in [-0.3, -0.25) is 9.59 Å². The van der Waals surface area contributed by atoms with Crippen LogP contribution < -0.4 is 21.1 Å². The molecular formula is C30H37N5O5. The number of rotatable bonds is 8. The number of nitrogens with one attached hydrogen (secondary N) is 2. The Labute approximate surface area is 234 Å². The Kier molecular flexibility index (Phi) is 8.77. The number of aromatic nitrogens is 1. The summed E-state index contributed by atoms with van der Waals surface area (Å²) in [4.78, 5) is 45.4. The normalized spacial score (nSPS) is 15.9.